The van der Waals surface area contributed by atoms with Crippen LogP contribution in [0.25, 0.3) is 16.9 Å². The predicted molar refractivity (Wildman–Crippen MR) is 205 cm³/mol. The van der Waals surface area contributed by atoms with Gasteiger partial charge in [0.15, 0.2) is 0 Å². The second-order valence-electron chi connectivity index (χ2n) is 13.4. The first-order chi connectivity index (χ1) is 23.1. The van der Waals surface area contributed by atoms with Gasteiger partial charge in [0.25, 0.3) is 0 Å². The Balaban J connectivity index is 0.000000745. The average Bonchev–Trinajstić information content (AvgIpc) is 3.37. The molecule has 2 nitrogen and oxygen atoms in total. The number of hydrogen-bond acceptors (Lipinski definition) is 0. The summed E-state index contributed by atoms with van der Waals surface area (Å²) < 4.78 is 1.56. The number of aryl methyl sites for hydroxylation is 2. The summed E-state index contributed by atoms with van der Waals surface area (Å²) in [6, 6.07) is 17.9. The van der Waals surface area contributed by atoms with E-state index in [9.17, 15) is 5.53 Å². The third-order valence-electron chi connectivity index (χ3n) is 9.11. The monoisotopic (exact) mass is 732 g/mol. The van der Waals surface area contributed by atoms with Gasteiger partial charge in [-0.2, -0.15) is 0 Å². The van der Waals surface area contributed by atoms with E-state index >= 15 is 0 Å². The minimum atomic E-state index is 1.02. The summed E-state index contributed by atoms with van der Waals surface area (Å²) in [4.78, 5) is 3.01. The topological polar surface area (TPSA) is 25.3 Å². The van der Waals surface area contributed by atoms with Crippen molar-refractivity contribution in [3.8, 4) is 0 Å². The molecule has 0 bridgehead atoms. The van der Waals surface area contributed by atoms with Gasteiger partial charge >= 0.3 is 67.3 Å². The first kappa shape index (κ1) is 41.4. The Bertz CT molecular complexity index is 1200. The number of rotatable bonds is 24. The van der Waals surface area contributed by atoms with E-state index in [2.05, 4.69) is 90.1 Å². The molecule has 1 aliphatic heterocycles. The van der Waals surface area contributed by atoms with Crippen LogP contribution in [0.1, 0.15) is 179 Å². The zero-order valence-corrected chi connectivity index (χ0v) is 32.9. The fourth-order valence-electron chi connectivity index (χ4n) is 6.19. The molecule has 0 fully saturated rings. The van der Waals surface area contributed by atoms with Gasteiger partial charge in [0.2, 0.25) is 11.4 Å². The van der Waals surface area contributed by atoms with Gasteiger partial charge in [0, 0.05) is 22.3 Å². The Labute approximate surface area is 300 Å². The van der Waals surface area contributed by atoms with E-state index < -0.39 is 0 Å². The molecule has 3 heteroatoms. The quantitative estimate of drug-likeness (QED) is 0.0583. The number of hydrogen-bond donors (Lipinski definition) is 0. The molecular formula is C44H70N2Pd. The standard InChI is InChI=1S/C36H52N2.2C4H9.Pd/c1-5-9-13-14-15-16-26-34-33(25-12-8-4)35(31-23-17-21-29(27-31)19-10-6-2)38(37)36(34)32-24-18-22-30(28-32)20-11-7-3;2*1-3-4-2;/h17-18,21-24,27-28H,5-16,19-20,25-26H2,1-4H3;2*1,3-4H2,2H3;. The number of allylic oxidation sites excluding steroid dienone is 2. The van der Waals surface area contributed by atoms with Crippen LogP contribution in [0, 0.1) is 0 Å². The molecule has 2 aromatic carbocycles. The van der Waals surface area contributed by atoms with Crippen molar-refractivity contribution in [3.05, 3.63) is 87.5 Å². The Morgan fingerprint density at radius 3 is 1.34 bits per heavy atom. The van der Waals surface area contributed by atoms with Crippen molar-refractivity contribution in [1.82, 2.24) is 0 Å². The fourth-order valence-corrected chi connectivity index (χ4v) is 8.46. The van der Waals surface area contributed by atoms with Crippen molar-refractivity contribution in [2.45, 2.75) is 180 Å². The van der Waals surface area contributed by atoms with E-state index in [1.54, 1.807) is 4.70 Å². The summed E-state index contributed by atoms with van der Waals surface area (Å²) in [5.41, 5.74) is 21.8. The third-order valence-corrected chi connectivity index (χ3v) is 11.3. The molecule has 0 aromatic heterocycles. The van der Waals surface area contributed by atoms with Gasteiger partial charge < -0.3 is 5.53 Å². The van der Waals surface area contributed by atoms with Crippen molar-refractivity contribution in [2.24, 2.45) is 0 Å². The third kappa shape index (κ3) is 15.1. The molecule has 266 valence electrons. The molecule has 0 amide bonds. The van der Waals surface area contributed by atoms with Gasteiger partial charge in [-0.1, -0.05) is 103 Å². The van der Waals surface area contributed by atoms with Crippen molar-refractivity contribution in [2.75, 3.05) is 0 Å². The van der Waals surface area contributed by atoms with Crippen LogP contribution in [-0.2, 0) is 30.8 Å². The van der Waals surface area contributed by atoms with Crippen LogP contribution >= 0.6 is 0 Å². The number of unbranched alkanes of at least 4 members (excludes halogenated alkanes) is 10. The van der Waals surface area contributed by atoms with Gasteiger partial charge in [-0.05, 0) is 86.8 Å². The van der Waals surface area contributed by atoms with Crippen LogP contribution in [0.5, 0.6) is 0 Å². The van der Waals surface area contributed by atoms with Crippen LogP contribution in [0.15, 0.2) is 59.7 Å². The molecule has 0 atom stereocenters. The second-order valence-corrected chi connectivity index (χ2v) is 15.7. The van der Waals surface area contributed by atoms with Gasteiger partial charge in [0.1, 0.15) is 0 Å². The van der Waals surface area contributed by atoms with Crippen molar-refractivity contribution < 1.29 is 22.7 Å². The Morgan fingerprint density at radius 2 is 0.872 bits per heavy atom. The molecule has 47 heavy (non-hydrogen) atoms. The van der Waals surface area contributed by atoms with Gasteiger partial charge in [-0.15, -0.1) is 0 Å². The van der Waals surface area contributed by atoms with E-state index in [-0.39, 0.29) is 0 Å². The fraction of sp³-hybridized carbons (Fsp3) is 0.636. The molecule has 0 saturated carbocycles. The van der Waals surface area contributed by atoms with Gasteiger partial charge in [-0.25, -0.2) is 4.70 Å². The number of benzene rings is 2. The summed E-state index contributed by atoms with van der Waals surface area (Å²) in [7, 11) is 0. The molecule has 0 aliphatic carbocycles. The van der Waals surface area contributed by atoms with Crippen LogP contribution in [0.3, 0.4) is 0 Å². The molecular weight excluding hydrogens is 663 g/mol. The van der Waals surface area contributed by atoms with E-state index in [0.29, 0.717) is 0 Å². The summed E-state index contributed by atoms with van der Waals surface area (Å²) in [5, 5.41) is 0. The molecule has 0 spiro atoms. The summed E-state index contributed by atoms with van der Waals surface area (Å²) in [6.45, 7) is 13.6. The molecule has 0 N–H and O–H groups in total. The van der Waals surface area contributed by atoms with Crippen molar-refractivity contribution >= 4 is 11.4 Å². The van der Waals surface area contributed by atoms with Crippen molar-refractivity contribution in [3.63, 3.8) is 0 Å². The van der Waals surface area contributed by atoms with Crippen LogP contribution in [-0.4, -0.2) is 4.70 Å². The average molecular weight is 733 g/mol. The molecule has 2 aromatic rings. The van der Waals surface area contributed by atoms with E-state index in [4.69, 9.17) is 0 Å². The predicted octanol–water partition coefficient (Wildman–Crippen LogP) is 15.0. The van der Waals surface area contributed by atoms with E-state index in [1.165, 1.54) is 122 Å². The molecule has 1 heterocycles. The van der Waals surface area contributed by atoms with Crippen LogP contribution in [0.4, 0.5) is 0 Å². The van der Waals surface area contributed by atoms with E-state index in [0.717, 1.165) is 79.0 Å². The Kier molecular flexibility index (Phi) is 23.0. The van der Waals surface area contributed by atoms with Crippen LogP contribution < -0.4 is 0 Å². The molecule has 1 aliphatic rings. The maximum absolute atomic E-state index is 11.9. The summed E-state index contributed by atoms with van der Waals surface area (Å²) >= 11 is 1.07. The zero-order valence-electron chi connectivity index (χ0n) is 31.4. The molecule has 3 rings (SSSR count). The normalized spacial score (nSPS) is 13.1. The second kappa shape index (κ2) is 26.1. The van der Waals surface area contributed by atoms with Crippen molar-refractivity contribution in [1.29, 1.82) is 0 Å². The van der Waals surface area contributed by atoms with E-state index in [1.807, 2.05) is 0 Å². The summed E-state index contributed by atoms with van der Waals surface area (Å²) in [6.07, 6.45) is 24.7. The van der Waals surface area contributed by atoms with Gasteiger partial charge in [-0.3, -0.25) is 0 Å². The van der Waals surface area contributed by atoms with Gasteiger partial charge in [0.05, 0.1) is 0 Å². The SMILES string of the molecule is CCCCCCCCC1=C(c2cccc(CCCC)c2)[N+](=[N-])C(c2cccc(CCCC)c2)=C1CCCC.CCC[CH2][Pd][CH2]CCC. The number of nitrogens with zero attached hydrogens (tertiary/aromatic N) is 2. The van der Waals surface area contributed by atoms with Crippen LogP contribution in [0.2, 0.25) is 9.79 Å². The summed E-state index contributed by atoms with van der Waals surface area (Å²) in [5.74, 6) is 0. The molecule has 0 saturated heterocycles. The maximum atomic E-state index is 11.9. The first-order valence-electron chi connectivity index (χ1n) is 19.6. The zero-order chi connectivity index (χ0) is 34.1. The Morgan fingerprint density at radius 1 is 0.468 bits per heavy atom. The Hall–Kier alpha value is -1.82. The molecule has 0 radical (unpaired) electrons. The minimum absolute atomic E-state index is 1.02. The molecule has 0 unspecified atom stereocenters. The first-order valence-corrected chi connectivity index (χ1v) is 21.8.